The van der Waals surface area contributed by atoms with Crippen molar-refractivity contribution in [1.82, 2.24) is 14.2 Å². The summed E-state index contributed by atoms with van der Waals surface area (Å²) in [5.74, 6) is -1.58. The number of carboxylic acids is 1. The van der Waals surface area contributed by atoms with Gasteiger partial charge >= 0.3 is 5.97 Å². The fourth-order valence-corrected chi connectivity index (χ4v) is 3.53. The summed E-state index contributed by atoms with van der Waals surface area (Å²) in [5.41, 5.74) is 0. The topological polar surface area (TPSA) is 90.8 Å². The predicted octanol–water partition coefficient (Wildman–Crippen LogP) is 0.00170. The van der Waals surface area contributed by atoms with Crippen molar-refractivity contribution in [1.29, 1.82) is 0 Å². The normalized spacial score (nSPS) is 17.8. The molecule has 0 unspecified atom stereocenters. The van der Waals surface area contributed by atoms with E-state index >= 15 is 0 Å². The Hall–Kier alpha value is -1.58. The molecule has 1 N–H and O–H groups in total. The molecule has 1 aromatic heterocycles. The smallest absolute Gasteiger partial charge is 0.304 e. The molecule has 0 spiro atoms. The summed E-state index contributed by atoms with van der Waals surface area (Å²) >= 11 is 0. The third-order valence-electron chi connectivity index (χ3n) is 3.29. The van der Waals surface area contributed by atoms with Crippen LogP contribution < -0.4 is 0 Å². The lowest BCUT2D eigenvalue weighted by Crippen LogP contribution is -2.48. The van der Waals surface area contributed by atoms with Crippen LogP contribution in [0.15, 0.2) is 23.4 Å². The minimum atomic E-state index is -3.75. The van der Waals surface area contributed by atoms with Crippen molar-refractivity contribution in [2.75, 3.05) is 32.7 Å². The molecule has 1 aromatic rings. The second kappa shape index (κ2) is 6.46. The lowest BCUT2D eigenvalue weighted by molar-refractivity contribution is -0.137. The van der Waals surface area contributed by atoms with Crippen molar-refractivity contribution in [3.8, 4) is 0 Å². The zero-order valence-corrected chi connectivity index (χ0v) is 12.1. The van der Waals surface area contributed by atoms with Crippen molar-refractivity contribution < 1.29 is 22.7 Å². The first-order valence-corrected chi connectivity index (χ1v) is 7.88. The standard InChI is InChI=1S/C12H16FN3O4S/c13-10-7-11(9-14-8-10)21(19,20)16-5-3-15(4-6-16)2-1-12(17)18/h7-9H,1-6H2,(H,17,18). The number of aliphatic carboxylic acids is 1. The Kier molecular flexibility index (Phi) is 4.86. The number of pyridine rings is 1. The van der Waals surface area contributed by atoms with Crippen LogP contribution in [0.25, 0.3) is 0 Å². The van der Waals surface area contributed by atoms with E-state index in [9.17, 15) is 17.6 Å². The van der Waals surface area contributed by atoms with Crippen LogP contribution in [0.5, 0.6) is 0 Å². The summed E-state index contributed by atoms with van der Waals surface area (Å²) in [6.07, 6.45) is 2.10. The summed E-state index contributed by atoms with van der Waals surface area (Å²) in [6, 6.07) is 0.944. The number of carbonyl (C=O) groups is 1. The molecule has 7 nitrogen and oxygen atoms in total. The van der Waals surface area contributed by atoms with Gasteiger partial charge in [-0.3, -0.25) is 9.78 Å². The highest BCUT2D eigenvalue weighted by Crippen LogP contribution is 2.17. The van der Waals surface area contributed by atoms with E-state index < -0.39 is 21.8 Å². The highest BCUT2D eigenvalue weighted by molar-refractivity contribution is 7.89. The SMILES string of the molecule is O=C(O)CCN1CCN(S(=O)(=O)c2cncc(F)c2)CC1. The Bertz CT molecular complexity index is 615. The van der Waals surface area contributed by atoms with Crippen LogP contribution in [0.2, 0.25) is 0 Å². The third kappa shape index (κ3) is 3.96. The summed E-state index contributed by atoms with van der Waals surface area (Å²) in [6.45, 7) is 1.80. The Morgan fingerprint density at radius 2 is 1.95 bits per heavy atom. The second-order valence-electron chi connectivity index (χ2n) is 4.73. The van der Waals surface area contributed by atoms with E-state index in [0.717, 1.165) is 18.5 Å². The number of hydrogen-bond acceptors (Lipinski definition) is 5. The lowest BCUT2D eigenvalue weighted by atomic mass is 10.3. The minimum Gasteiger partial charge on any atom is -0.481 e. The van der Waals surface area contributed by atoms with E-state index in [4.69, 9.17) is 5.11 Å². The van der Waals surface area contributed by atoms with E-state index in [1.54, 1.807) is 0 Å². The monoisotopic (exact) mass is 317 g/mol. The van der Waals surface area contributed by atoms with Crippen molar-refractivity contribution in [2.24, 2.45) is 0 Å². The second-order valence-corrected chi connectivity index (χ2v) is 6.67. The molecule has 2 heterocycles. The molecule has 2 rings (SSSR count). The Morgan fingerprint density at radius 3 is 2.52 bits per heavy atom. The van der Waals surface area contributed by atoms with Crippen molar-refractivity contribution in [3.63, 3.8) is 0 Å². The van der Waals surface area contributed by atoms with Crippen molar-refractivity contribution >= 4 is 16.0 Å². The number of carboxylic acid groups (broad SMARTS) is 1. The van der Waals surface area contributed by atoms with Crippen molar-refractivity contribution in [2.45, 2.75) is 11.3 Å². The minimum absolute atomic E-state index is 0.0283. The first-order valence-electron chi connectivity index (χ1n) is 6.44. The van der Waals surface area contributed by atoms with E-state index in [1.165, 1.54) is 4.31 Å². The number of sulfonamides is 1. The molecule has 0 aromatic carbocycles. The Labute approximate surface area is 122 Å². The zero-order valence-electron chi connectivity index (χ0n) is 11.3. The van der Waals surface area contributed by atoms with Crippen LogP contribution in [0.1, 0.15) is 6.42 Å². The average molecular weight is 317 g/mol. The van der Waals surface area contributed by atoms with Crippen LogP contribution in [-0.4, -0.2) is 66.4 Å². The van der Waals surface area contributed by atoms with Crippen LogP contribution in [0, 0.1) is 5.82 Å². The molecule has 1 aliphatic heterocycles. The molecule has 0 radical (unpaired) electrons. The van der Waals surface area contributed by atoms with Gasteiger partial charge in [0, 0.05) is 38.9 Å². The van der Waals surface area contributed by atoms with Gasteiger partial charge in [-0.25, -0.2) is 12.8 Å². The predicted molar refractivity (Wildman–Crippen MR) is 71.6 cm³/mol. The molecule has 9 heteroatoms. The molecule has 1 saturated heterocycles. The zero-order chi connectivity index (χ0) is 15.5. The maximum absolute atomic E-state index is 13.1. The fourth-order valence-electron chi connectivity index (χ4n) is 2.13. The highest BCUT2D eigenvalue weighted by Gasteiger charge is 2.29. The molecule has 0 amide bonds. The van der Waals surface area contributed by atoms with Gasteiger partial charge in [-0.2, -0.15) is 4.31 Å². The van der Waals surface area contributed by atoms with Gasteiger partial charge in [0.25, 0.3) is 0 Å². The number of rotatable bonds is 5. The quantitative estimate of drug-likeness (QED) is 0.822. The summed E-state index contributed by atoms with van der Waals surface area (Å²) in [7, 11) is -3.75. The fraction of sp³-hybridized carbons (Fsp3) is 0.500. The van der Waals surface area contributed by atoms with Crippen LogP contribution in [0.4, 0.5) is 4.39 Å². The van der Waals surface area contributed by atoms with Crippen LogP contribution in [-0.2, 0) is 14.8 Å². The molecule has 21 heavy (non-hydrogen) atoms. The highest BCUT2D eigenvalue weighted by atomic mass is 32.2. The third-order valence-corrected chi connectivity index (χ3v) is 5.15. The van der Waals surface area contributed by atoms with Gasteiger partial charge in [0.2, 0.25) is 10.0 Å². The lowest BCUT2D eigenvalue weighted by Gasteiger charge is -2.33. The van der Waals surface area contributed by atoms with Gasteiger partial charge in [0.15, 0.2) is 0 Å². The van der Waals surface area contributed by atoms with E-state index in [2.05, 4.69) is 4.98 Å². The van der Waals surface area contributed by atoms with Crippen LogP contribution >= 0.6 is 0 Å². The van der Waals surface area contributed by atoms with Crippen molar-refractivity contribution in [3.05, 3.63) is 24.3 Å². The maximum Gasteiger partial charge on any atom is 0.304 e. The molecule has 116 valence electrons. The van der Waals surface area contributed by atoms with Gasteiger partial charge in [-0.1, -0.05) is 0 Å². The molecule has 1 aliphatic rings. The first-order chi connectivity index (χ1) is 9.89. The molecule has 0 atom stereocenters. The Balaban J connectivity index is 1.99. The van der Waals surface area contributed by atoms with Gasteiger partial charge in [0.1, 0.15) is 10.7 Å². The summed E-state index contributed by atoms with van der Waals surface area (Å²) < 4.78 is 39.0. The number of nitrogens with zero attached hydrogens (tertiary/aromatic N) is 3. The number of hydrogen-bond donors (Lipinski definition) is 1. The van der Waals surface area contributed by atoms with E-state index in [-0.39, 0.29) is 24.4 Å². The number of halogens is 1. The molecule has 0 bridgehead atoms. The van der Waals surface area contributed by atoms with E-state index in [0.29, 0.717) is 19.6 Å². The summed E-state index contributed by atoms with van der Waals surface area (Å²) in [5, 5.41) is 8.62. The number of piperazine rings is 1. The van der Waals surface area contributed by atoms with E-state index in [1.807, 2.05) is 4.90 Å². The first kappa shape index (κ1) is 15.8. The maximum atomic E-state index is 13.1. The summed E-state index contributed by atoms with van der Waals surface area (Å²) in [4.78, 5) is 15.8. The van der Waals surface area contributed by atoms with Crippen LogP contribution in [0.3, 0.4) is 0 Å². The molecular weight excluding hydrogens is 301 g/mol. The average Bonchev–Trinajstić information content (AvgIpc) is 2.45. The molecule has 0 saturated carbocycles. The molecule has 0 aliphatic carbocycles. The Morgan fingerprint density at radius 1 is 1.29 bits per heavy atom. The van der Waals surface area contributed by atoms with Gasteiger partial charge in [-0.15, -0.1) is 0 Å². The molecule has 1 fully saturated rings. The molecular formula is C12H16FN3O4S. The van der Waals surface area contributed by atoms with Gasteiger partial charge in [-0.05, 0) is 6.07 Å². The van der Waals surface area contributed by atoms with Gasteiger partial charge in [0.05, 0.1) is 12.6 Å². The largest absolute Gasteiger partial charge is 0.481 e. The van der Waals surface area contributed by atoms with Gasteiger partial charge < -0.3 is 10.0 Å². The number of aromatic nitrogens is 1.